The molecule has 3 aromatic rings. The van der Waals surface area contributed by atoms with Crippen LogP contribution in [-0.4, -0.2) is 4.98 Å². The summed E-state index contributed by atoms with van der Waals surface area (Å²) in [4.78, 5) is 5.32. The van der Waals surface area contributed by atoms with Crippen molar-refractivity contribution in [3.8, 4) is 17.5 Å². The first kappa shape index (κ1) is 14.4. The van der Waals surface area contributed by atoms with E-state index in [1.807, 2.05) is 62.4 Å². The molecule has 1 heterocycles. The minimum atomic E-state index is 0.321. The Bertz CT molecular complexity index is 827. The Morgan fingerprint density at radius 1 is 0.955 bits per heavy atom. The molecule has 0 fully saturated rings. The molecule has 3 rings (SSSR count). The Morgan fingerprint density at radius 3 is 2.14 bits per heavy atom. The zero-order valence-electron chi connectivity index (χ0n) is 12.3. The number of aryl methyl sites for hydroxylation is 2. The fourth-order valence-electron chi connectivity index (χ4n) is 1.98. The van der Waals surface area contributed by atoms with E-state index in [1.54, 1.807) is 0 Å². The van der Waals surface area contributed by atoms with E-state index in [1.165, 1.54) is 22.9 Å². The van der Waals surface area contributed by atoms with Gasteiger partial charge < -0.3 is 4.42 Å². The molecule has 0 bridgehead atoms. The Morgan fingerprint density at radius 2 is 1.55 bits per heavy atom. The highest BCUT2D eigenvalue weighted by atomic mass is 32.2. The van der Waals surface area contributed by atoms with Gasteiger partial charge in [-0.1, -0.05) is 35.4 Å². The SMILES string of the molecule is Cc1ccc(Sc2oc(-c3ccc(C)cc3)nc2C#N)cc1. The van der Waals surface area contributed by atoms with Gasteiger partial charge in [-0.2, -0.15) is 10.2 Å². The molecule has 1 aromatic heterocycles. The van der Waals surface area contributed by atoms with Crippen molar-refractivity contribution in [2.75, 3.05) is 0 Å². The quantitative estimate of drug-likeness (QED) is 0.684. The number of oxazole rings is 1. The number of nitrogens with zero attached hydrogens (tertiary/aromatic N) is 2. The number of nitriles is 1. The third-order valence-corrected chi connectivity index (χ3v) is 4.20. The lowest BCUT2D eigenvalue weighted by molar-refractivity contribution is 0.483. The second-order valence-corrected chi connectivity index (χ2v) is 6.09. The van der Waals surface area contributed by atoms with Crippen LogP contribution in [0.3, 0.4) is 0 Å². The molecule has 0 aliphatic rings. The molecule has 0 saturated carbocycles. The van der Waals surface area contributed by atoms with Crippen molar-refractivity contribution in [3.63, 3.8) is 0 Å². The minimum Gasteiger partial charge on any atom is -0.428 e. The van der Waals surface area contributed by atoms with Crippen LogP contribution in [-0.2, 0) is 0 Å². The molecule has 0 radical (unpaired) electrons. The van der Waals surface area contributed by atoms with E-state index < -0.39 is 0 Å². The van der Waals surface area contributed by atoms with Crippen LogP contribution in [0.25, 0.3) is 11.5 Å². The molecule has 0 atom stereocenters. The molecular weight excluding hydrogens is 292 g/mol. The summed E-state index contributed by atoms with van der Waals surface area (Å²) in [7, 11) is 0. The lowest BCUT2D eigenvalue weighted by Crippen LogP contribution is -1.79. The summed E-state index contributed by atoms with van der Waals surface area (Å²) in [5.41, 5.74) is 3.56. The van der Waals surface area contributed by atoms with E-state index in [4.69, 9.17) is 4.42 Å². The van der Waals surface area contributed by atoms with Gasteiger partial charge in [-0.05, 0) is 49.9 Å². The van der Waals surface area contributed by atoms with Gasteiger partial charge >= 0.3 is 0 Å². The van der Waals surface area contributed by atoms with Gasteiger partial charge in [-0.3, -0.25) is 0 Å². The normalized spacial score (nSPS) is 10.4. The van der Waals surface area contributed by atoms with E-state index in [9.17, 15) is 5.26 Å². The summed E-state index contributed by atoms with van der Waals surface area (Å²) in [5.74, 6) is 0.478. The van der Waals surface area contributed by atoms with E-state index in [0.29, 0.717) is 16.7 Å². The predicted molar refractivity (Wildman–Crippen MR) is 86.7 cm³/mol. The smallest absolute Gasteiger partial charge is 0.228 e. The third kappa shape index (κ3) is 3.05. The average molecular weight is 306 g/mol. The van der Waals surface area contributed by atoms with Crippen molar-refractivity contribution in [2.24, 2.45) is 0 Å². The fourth-order valence-corrected chi connectivity index (χ4v) is 2.77. The first-order valence-corrected chi connectivity index (χ1v) is 7.70. The number of rotatable bonds is 3. The Balaban J connectivity index is 1.93. The van der Waals surface area contributed by atoms with Crippen molar-refractivity contribution in [1.82, 2.24) is 4.98 Å². The summed E-state index contributed by atoms with van der Waals surface area (Å²) in [6.07, 6.45) is 0. The van der Waals surface area contributed by atoms with Crippen molar-refractivity contribution >= 4 is 11.8 Å². The van der Waals surface area contributed by atoms with Crippen LogP contribution in [0.2, 0.25) is 0 Å². The molecule has 22 heavy (non-hydrogen) atoms. The first-order chi connectivity index (χ1) is 10.7. The Hall–Kier alpha value is -2.51. The zero-order valence-corrected chi connectivity index (χ0v) is 13.1. The maximum Gasteiger partial charge on any atom is 0.228 e. The summed E-state index contributed by atoms with van der Waals surface area (Å²) in [5, 5.41) is 9.79. The lowest BCUT2D eigenvalue weighted by Gasteiger charge is -1.99. The van der Waals surface area contributed by atoms with E-state index in [2.05, 4.69) is 11.1 Å². The summed E-state index contributed by atoms with van der Waals surface area (Å²) < 4.78 is 5.80. The van der Waals surface area contributed by atoms with Crippen LogP contribution in [0, 0.1) is 25.2 Å². The average Bonchev–Trinajstić information content (AvgIpc) is 2.93. The molecule has 0 aliphatic carbocycles. The highest BCUT2D eigenvalue weighted by Crippen LogP contribution is 2.34. The van der Waals surface area contributed by atoms with E-state index in [-0.39, 0.29) is 0 Å². The van der Waals surface area contributed by atoms with Crippen LogP contribution >= 0.6 is 11.8 Å². The van der Waals surface area contributed by atoms with Crippen LogP contribution in [0.15, 0.2) is 62.9 Å². The Kier molecular flexibility index (Phi) is 3.99. The number of hydrogen-bond acceptors (Lipinski definition) is 4. The molecule has 0 amide bonds. The van der Waals surface area contributed by atoms with Gasteiger partial charge in [0.05, 0.1) is 0 Å². The maximum absolute atomic E-state index is 9.26. The van der Waals surface area contributed by atoms with Gasteiger partial charge in [0, 0.05) is 10.5 Å². The molecule has 0 aliphatic heterocycles. The first-order valence-electron chi connectivity index (χ1n) is 6.88. The van der Waals surface area contributed by atoms with Gasteiger partial charge in [0.15, 0.2) is 5.69 Å². The van der Waals surface area contributed by atoms with Crippen LogP contribution in [0.5, 0.6) is 0 Å². The van der Waals surface area contributed by atoms with E-state index >= 15 is 0 Å². The van der Waals surface area contributed by atoms with Gasteiger partial charge in [0.1, 0.15) is 6.07 Å². The van der Waals surface area contributed by atoms with Crippen molar-refractivity contribution < 1.29 is 4.42 Å². The van der Waals surface area contributed by atoms with Crippen molar-refractivity contribution in [3.05, 3.63) is 65.4 Å². The highest BCUT2D eigenvalue weighted by molar-refractivity contribution is 7.99. The largest absolute Gasteiger partial charge is 0.428 e. The molecular formula is C18H14N2OS. The van der Waals surface area contributed by atoms with Crippen LogP contribution in [0.1, 0.15) is 16.8 Å². The topological polar surface area (TPSA) is 49.8 Å². The summed E-state index contributed by atoms with van der Waals surface area (Å²) >= 11 is 1.41. The second kappa shape index (κ2) is 6.08. The van der Waals surface area contributed by atoms with Gasteiger partial charge in [-0.25, -0.2) is 0 Å². The lowest BCUT2D eigenvalue weighted by atomic mass is 10.1. The molecule has 2 aromatic carbocycles. The predicted octanol–water partition coefficient (Wildman–Crippen LogP) is 4.98. The van der Waals surface area contributed by atoms with Gasteiger partial charge in [-0.15, -0.1) is 0 Å². The Labute approximate surface area is 133 Å². The zero-order chi connectivity index (χ0) is 15.5. The number of aromatic nitrogens is 1. The standard InChI is InChI=1S/C18H14N2OS/c1-12-3-7-14(8-4-12)17-20-16(11-19)18(21-17)22-15-9-5-13(2)6-10-15/h3-10H,1-2H3. The fraction of sp³-hybridized carbons (Fsp3) is 0.111. The van der Waals surface area contributed by atoms with Crippen molar-refractivity contribution in [2.45, 2.75) is 23.8 Å². The summed E-state index contributed by atoms with van der Waals surface area (Å²) in [6.45, 7) is 4.07. The number of benzene rings is 2. The molecule has 4 heteroatoms. The second-order valence-electron chi connectivity index (χ2n) is 5.05. The number of hydrogen-bond donors (Lipinski definition) is 0. The monoisotopic (exact) mass is 306 g/mol. The maximum atomic E-state index is 9.26. The molecule has 0 unspecified atom stereocenters. The molecule has 0 spiro atoms. The van der Waals surface area contributed by atoms with E-state index in [0.717, 1.165) is 10.5 Å². The van der Waals surface area contributed by atoms with Crippen molar-refractivity contribution in [1.29, 1.82) is 5.26 Å². The van der Waals surface area contributed by atoms with Gasteiger partial charge in [0.2, 0.25) is 11.0 Å². The van der Waals surface area contributed by atoms with Crippen LogP contribution < -0.4 is 0 Å². The molecule has 0 saturated heterocycles. The molecule has 3 nitrogen and oxygen atoms in total. The third-order valence-electron chi connectivity index (χ3n) is 3.23. The molecule has 108 valence electrons. The van der Waals surface area contributed by atoms with Crippen LogP contribution in [0.4, 0.5) is 0 Å². The highest BCUT2D eigenvalue weighted by Gasteiger charge is 2.15. The minimum absolute atomic E-state index is 0.321. The van der Waals surface area contributed by atoms with Gasteiger partial charge in [0.25, 0.3) is 0 Å². The summed E-state index contributed by atoms with van der Waals surface area (Å²) in [6, 6.07) is 18.1. The molecule has 0 N–H and O–H groups in total.